The summed E-state index contributed by atoms with van der Waals surface area (Å²) in [6, 6.07) is 13.9. The number of ether oxygens (including phenoxy) is 2. The van der Waals surface area contributed by atoms with Gasteiger partial charge in [0.25, 0.3) is 0 Å². The molecule has 0 radical (unpaired) electrons. The van der Waals surface area contributed by atoms with E-state index in [1.165, 1.54) is 0 Å². The molecule has 0 saturated heterocycles. The van der Waals surface area contributed by atoms with Crippen molar-refractivity contribution >= 4 is 23.3 Å². The first-order chi connectivity index (χ1) is 10.6. The second-order valence-electron chi connectivity index (χ2n) is 4.61. The molecule has 0 saturated carbocycles. The summed E-state index contributed by atoms with van der Waals surface area (Å²) >= 11 is 5.90. The molecule has 2 aromatic rings. The van der Waals surface area contributed by atoms with E-state index in [-0.39, 0.29) is 5.97 Å². The molecule has 1 N–H and O–H groups in total. The lowest BCUT2D eigenvalue weighted by Crippen LogP contribution is -2.23. The summed E-state index contributed by atoms with van der Waals surface area (Å²) in [6.45, 7) is 2.11. The molecule has 22 heavy (non-hydrogen) atoms. The van der Waals surface area contributed by atoms with Crippen molar-refractivity contribution in [3.8, 4) is 5.75 Å². The highest BCUT2D eigenvalue weighted by atomic mass is 35.5. The van der Waals surface area contributed by atoms with Gasteiger partial charge >= 0.3 is 5.97 Å². The van der Waals surface area contributed by atoms with Crippen molar-refractivity contribution in [1.82, 2.24) is 0 Å². The van der Waals surface area contributed by atoms with E-state index in [0.29, 0.717) is 11.6 Å². The molecule has 0 fully saturated rings. The van der Waals surface area contributed by atoms with E-state index in [1.807, 2.05) is 24.3 Å². The standard InChI is InChI=1S/C17H18ClNO3/c1-3-22-17(20)16(12-4-6-13(18)7-5-12)19-14-8-10-15(21-2)11-9-14/h4-11,16,19H,3H2,1-2H3/t16-/m0/s1. The van der Waals surface area contributed by atoms with Gasteiger partial charge < -0.3 is 14.8 Å². The minimum atomic E-state index is -0.592. The molecule has 1 atom stereocenters. The first kappa shape index (κ1) is 16.2. The van der Waals surface area contributed by atoms with Crippen molar-refractivity contribution in [3.63, 3.8) is 0 Å². The summed E-state index contributed by atoms with van der Waals surface area (Å²) in [7, 11) is 1.61. The van der Waals surface area contributed by atoms with Crippen molar-refractivity contribution in [2.75, 3.05) is 19.0 Å². The number of halogens is 1. The van der Waals surface area contributed by atoms with Gasteiger partial charge in [0.05, 0.1) is 13.7 Å². The van der Waals surface area contributed by atoms with Crippen LogP contribution in [-0.2, 0) is 9.53 Å². The molecular formula is C17H18ClNO3. The lowest BCUT2D eigenvalue weighted by Gasteiger charge is -2.19. The Hall–Kier alpha value is -2.20. The Morgan fingerprint density at radius 2 is 1.77 bits per heavy atom. The van der Waals surface area contributed by atoms with Crippen LogP contribution in [0.1, 0.15) is 18.5 Å². The minimum Gasteiger partial charge on any atom is -0.497 e. The van der Waals surface area contributed by atoms with Gasteiger partial charge in [-0.2, -0.15) is 0 Å². The monoisotopic (exact) mass is 319 g/mol. The first-order valence-electron chi connectivity index (χ1n) is 6.96. The Bertz CT molecular complexity index is 611. The van der Waals surface area contributed by atoms with Gasteiger partial charge in [-0.05, 0) is 48.9 Å². The summed E-state index contributed by atoms with van der Waals surface area (Å²) in [5.41, 5.74) is 1.59. The number of anilines is 1. The average Bonchev–Trinajstić information content (AvgIpc) is 2.54. The highest BCUT2D eigenvalue weighted by molar-refractivity contribution is 6.30. The number of esters is 1. The van der Waals surface area contributed by atoms with E-state index in [2.05, 4.69) is 5.32 Å². The zero-order valence-corrected chi connectivity index (χ0v) is 13.3. The summed E-state index contributed by atoms with van der Waals surface area (Å²) in [5, 5.41) is 3.80. The smallest absolute Gasteiger partial charge is 0.333 e. The quantitative estimate of drug-likeness (QED) is 0.815. The van der Waals surface area contributed by atoms with E-state index in [1.54, 1.807) is 38.3 Å². The Morgan fingerprint density at radius 1 is 1.14 bits per heavy atom. The number of hydrogen-bond acceptors (Lipinski definition) is 4. The summed E-state index contributed by atoms with van der Waals surface area (Å²) in [5.74, 6) is 0.422. The Kier molecular flexibility index (Phi) is 5.67. The van der Waals surface area contributed by atoms with Gasteiger partial charge in [0, 0.05) is 10.7 Å². The number of carbonyl (C=O) groups is 1. The fourth-order valence-electron chi connectivity index (χ4n) is 2.01. The molecule has 4 nitrogen and oxygen atoms in total. The van der Waals surface area contributed by atoms with Gasteiger partial charge in [-0.25, -0.2) is 4.79 Å². The van der Waals surface area contributed by atoms with Crippen LogP contribution < -0.4 is 10.1 Å². The maximum absolute atomic E-state index is 12.2. The van der Waals surface area contributed by atoms with Crippen LogP contribution in [0.2, 0.25) is 5.02 Å². The van der Waals surface area contributed by atoms with E-state index >= 15 is 0 Å². The highest BCUT2D eigenvalue weighted by Gasteiger charge is 2.21. The molecule has 0 aliphatic carbocycles. The van der Waals surface area contributed by atoms with Gasteiger partial charge in [0.1, 0.15) is 5.75 Å². The lowest BCUT2D eigenvalue weighted by atomic mass is 10.1. The topological polar surface area (TPSA) is 47.6 Å². The number of methoxy groups -OCH3 is 1. The van der Waals surface area contributed by atoms with Gasteiger partial charge in [-0.1, -0.05) is 23.7 Å². The second-order valence-corrected chi connectivity index (χ2v) is 5.05. The SMILES string of the molecule is CCOC(=O)[C@@H](Nc1ccc(OC)cc1)c1ccc(Cl)cc1. The van der Waals surface area contributed by atoms with Crippen LogP contribution in [0.25, 0.3) is 0 Å². The van der Waals surface area contributed by atoms with Crippen molar-refractivity contribution in [1.29, 1.82) is 0 Å². The fourth-order valence-corrected chi connectivity index (χ4v) is 2.14. The van der Waals surface area contributed by atoms with Crippen molar-refractivity contribution in [2.45, 2.75) is 13.0 Å². The van der Waals surface area contributed by atoms with Crippen LogP contribution in [-0.4, -0.2) is 19.7 Å². The Morgan fingerprint density at radius 3 is 2.32 bits per heavy atom. The zero-order chi connectivity index (χ0) is 15.9. The van der Waals surface area contributed by atoms with Crippen LogP contribution in [0.15, 0.2) is 48.5 Å². The predicted octanol–water partition coefficient (Wildman–Crippen LogP) is 4.06. The predicted molar refractivity (Wildman–Crippen MR) is 87.4 cm³/mol. The normalized spacial score (nSPS) is 11.6. The number of hydrogen-bond donors (Lipinski definition) is 1. The summed E-state index contributed by atoms with van der Waals surface area (Å²) in [4.78, 5) is 12.2. The molecule has 0 unspecified atom stereocenters. The van der Waals surface area contributed by atoms with E-state index in [0.717, 1.165) is 17.0 Å². The molecule has 5 heteroatoms. The third kappa shape index (κ3) is 4.15. The first-order valence-corrected chi connectivity index (χ1v) is 7.34. The van der Waals surface area contributed by atoms with Gasteiger partial charge in [0.15, 0.2) is 6.04 Å². The summed E-state index contributed by atoms with van der Waals surface area (Å²) in [6.07, 6.45) is 0. The van der Waals surface area contributed by atoms with Gasteiger partial charge in [0.2, 0.25) is 0 Å². The number of carbonyl (C=O) groups excluding carboxylic acids is 1. The molecule has 0 aliphatic heterocycles. The van der Waals surface area contributed by atoms with Crippen LogP contribution in [0.3, 0.4) is 0 Å². The maximum atomic E-state index is 12.2. The molecular weight excluding hydrogens is 302 g/mol. The lowest BCUT2D eigenvalue weighted by molar-refractivity contribution is -0.144. The molecule has 0 aromatic heterocycles. The van der Waals surface area contributed by atoms with Crippen molar-refractivity contribution < 1.29 is 14.3 Å². The van der Waals surface area contributed by atoms with Crippen molar-refractivity contribution in [3.05, 3.63) is 59.1 Å². The second kappa shape index (κ2) is 7.71. The highest BCUT2D eigenvalue weighted by Crippen LogP contribution is 2.24. The maximum Gasteiger partial charge on any atom is 0.333 e. The number of nitrogens with one attached hydrogen (secondary N) is 1. The molecule has 2 rings (SSSR count). The van der Waals surface area contributed by atoms with Crippen LogP contribution in [0, 0.1) is 0 Å². The van der Waals surface area contributed by atoms with Gasteiger partial charge in [-0.15, -0.1) is 0 Å². The molecule has 116 valence electrons. The van der Waals surface area contributed by atoms with Gasteiger partial charge in [-0.3, -0.25) is 0 Å². The largest absolute Gasteiger partial charge is 0.497 e. The van der Waals surface area contributed by atoms with E-state index in [9.17, 15) is 4.79 Å². The molecule has 0 aliphatic rings. The number of rotatable bonds is 6. The fraction of sp³-hybridized carbons (Fsp3) is 0.235. The summed E-state index contributed by atoms with van der Waals surface area (Å²) < 4.78 is 10.3. The Labute approximate surface area is 135 Å². The molecule has 2 aromatic carbocycles. The van der Waals surface area contributed by atoms with E-state index in [4.69, 9.17) is 21.1 Å². The van der Waals surface area contributed by atoms with E-state index < -0.39 is 6.04 Å². The zero-order valence-electron chi connectivity index (χ0n) is 12.5. The third-order valence-electron chi connectivity index (χ3n) is 3.13. The minimum absolute atomic E-state index is 0.327. The average molecular weight is 320 g/mol. The van der Waals surface area contributed by atoms with Crippen LogP contribution >= 0.6 is 11.6 Å². The molecule has 0 heterocycles. The Balaban J connectivity index is 2.23. The van der Waals surface area contributed by atoms with Crippen LogP contribution in [0.5, 0.6) is 5.75 Å². The number of benzene rings is 2. The molecule has 0 bridgehead atoms. The van der Waals surface area contributed by atoms with Crippen molar-refractivity contribution in [2.24, 2.45) is 0 Å². The van der Waals surface area contributed by atoms with Crippen LogP contribution in [0.4, 0.5) is 5.69 Å². The molecule has 0 spiro atoms. The third-order valence-corrected chi connectivity index (χ3v) is 3.38. The molecule has 0 amide bonds.